The van der Waals surface area contributed by atoms with Crippen molar-refractivity contribution in [2.24, 2.45) is 0 Å². The summed E-state index contributed by atoms with van der Waals surface area (Å²) in [5, 5.41) is 0. The SMILES string of the molecule is O=S(=O)([O-])OCCCCCCCCCCCC[Te]c1ccccc1.[Na+]. The molecule has 0 aromatic heterocycles. The zero-order chi connectivity index (χ0) is 17.5. The van der Waals surface area contributed by atoms with Crippen LogP contribution in [0.5, 0.6) is 0 Å². The van der Waals surface area contributed by atoms with Crippen LogP contribution in [0.2, 0.25) is 4.47 Å². The van der Waals surface area contributed by atoms with E-state index in [1.807, 2.05) is 0 Å². The first-order chi connectivity index (χ1) is 11.6. The van der Waals surface area contributed by atoms with Crippen LogP contribution in [0.3, 0.4) is 0 Å². The fraction of sp³-hybridized carbons (Fsp3) is 0.667. The molecule has 0 unspecified atom stereocenters. The molecule has 0 atom stereocenters. The first kappa shape index (κ1) is 25.9. The fourth-order valence-corrected chi connectivity index (χ4v) is 5.47. The van der Waals surface area contributed by atoms with Crippen LogP contribution in [-0.4, -0.2) is 40.5 Å². The Kier molecular flexibility index (Phi) is 17.6. The van der Waals surface area contributed by atoms with Crippen LogP contribution in [0.1, 0.15) is 64.2 Å². The van der Waals surface area contributed by atoms with E-state index in [9.17, 15) is 13.0 Å². The van der Waals surface area contributed by atoms with Gasteiger partial charge in [-0.05, 0) is 0 Å². The van der Waals surface area contributed by atoms with Crippen molar-refractivity contribution in [3.8, 4) is 0 Å². The van der Waals surface area contributed by atoms with E-state index >= 15 is 0 Å². The molecule has 0 fully saturated rings. The largest absolute Gasteiger partial charge is 1.00 e. The van der Waals surface area contributed by atoms with Gasteiger partial charge in [-0.15, -0.1) is 0 Å². The van der Waals surface area contributed by atoms with Gasteiger partial charge in [-0.1, -0.05) is 0 Å². The normalized spacial score (nSPS) is 11.2. The molecule has 0 aliphatic rings. The van der Waals surface area contributed by atoms with Gasteiger partial charge in [0.05, 0.1) is 0 Å². The van der Waals surface area contributed by atoms with Crippen LogP contribution in [0.15, 0.2) is 30.3 Å². The Hall–Kier alpha value is 0.880. The molecule has 0 heterocycles. The van der Waals surface area contributed by atoms with Gasteiger partial charge >= 0.3 is 160 Å². The van der Waals surface area contributed by atoms with Gasteiger partial charge in [0, 0.05) is 0 Å². The van der Waals surface area contributed by atoms with E-state index in [1.165, 1.54) is 49.4 Å². The second-order valence-corrected chi connectivity index (χ2v) is 10.3. The van der Waals surface area contributed by atoms with Crippen molar-refractivity contribution in [1.82, 2.24) is 0 Å². The Morgan fingerprint density at radius 3 is 1.80 bits per heavy atom. The molecule has 0 radical (unpaired) electrons. The fourth-order valence-electron chi connectivity index (χ4n) is 2.49. The molecule has 1 rings (SSSR count). The van der Waals surface area contributed by atoms with E-state index in [-0.39, 0.29) is 57.1 Å². The summed E-state index contributed by atoms with van der Waals surface area (Å²) in [7, 11) is -4.50. The summed E-state index contributed by atoms with van der Waals surface area (Å²) >= 11 is 0.0334. The zero-order valence-corrected chi connectivity index (χ0v) is 20.5. The number of unbranched alkanes of at least 4 members (excludes halogenated alkanes) is 9. The van der Waals surface area contributed by atoms with Crippen molar-refractivity contribution in [3.05, 3.63) is 30.3 Å². The molecule has 0 spiro atoms. The molecule has 25 heavy (non-hydrogen) atoms. The molecule has 1 aromatic rings. The Bertz CT molecular complexity index is 511. The summed E-state index contributed by atoms with van der Waals surface area (Å²) in [5.74, 6) is 0. The molecule has 0 amide bonds. The number of hydrogen-bond donors (Lipinski definition) is 0. The molecule has 138 valence electrons. The van der Waals surface area contributed by atoms with Crippen molar-refractivity contribution in [3.63, 3.8) is 0 Å². The van der Waals surface area contributed by atoms with Crippen molar-refractivity contribution in [1.29, 1.82) is 0 Å². The number of benzene rings is 1. The van der Waals surface area contributed by atoms with Gasteiger partial charge in [-0.2, -0.15) is 0 Å². The maximum atomic E-state index is 10.2. The number of hydrogen-bond acceptors (Lipinski definition) is 4. The van der Waals surface area contributed by atoms with Crippen LogP contribution in [0, 0.1) is 0 Å². The molecule has 0 aliphatic heterocycles. The predicted molar refractivity (Wildman–Crippen MR) is 98.5 cm³/mol. The monoisotopic (exact) mass is 494 g/mol. The first-order valence-corrected chi connectivity index (χ1v) is 13.0. The van der Waals surface area contributed by atoms with Gasteiger partial charge < -0.3 is 4.55 Å². The third kappa shape index (κ3) is 18.0. The molecule has 1 aromatic carbocycles. The first-order valence-electron chi connectivity index (χ1n) is 8.86. The van der Waals surface area contributed by atoms with Crippen molar-refractivity contribution < 1.29 is 46.7 Å². The van der Waals surface area contributed by atoms with E-state index in [4.69, 9.17) is 0 Å². The number of rotatable bonds is 15. The summed E-state index contributed by atoms with van der Waals surface area (Å²) in [6, 6.07) is 10.9. The van der Waals surface area contributed by atoms with E-state index in [0.717, 1.165) is 12.8 Å². The molecule has 0 saturated heterocycles. The Labute approximate surface area is 185 Å². The van der Waals surface area contributed by atoms with E-state index in [2.05, 4.69) is 34.5 Å². The van der Waals surface area contributed by atoms with Crippen LogP contribution < -0.4 is 33.2 Å². The van der Waals surface area contributed by atoms with E-state index in [1.54, 1.807) is 3.61 Å². The quantitative estimate of drug-likeness (QED) is 0.158. The van der Waals surface area contributed by atoms with E-state index < -0.39 is 10.4 Å². The van der Waals surface area contributed by atoms with Crippen molar-refractivity contribution in [2.75, 3.05) is 6.61 Å². The molecule has 0 aliphatic carbocycles. The Balaban J connectivity index is 0.00000576. The smallest absolute Gasteiger partial charge is 1.00 e. The Morgan fingerprint density at radius 2 is 1.28 bits per heavy atom. The average molecular weight is 492 g/mol. The summed E-state index contributed by atoms with van der Waals surface area (Å²) in [6.45, 7) is 0.0257. The summed E-state index contributed by atoms with van der Waals surface area (Å²) in [4.78, 5) is 0. The summed E-state index contributed by atoms with van der Waals surface area (Å²) < 4.78 is 37.8. The molecule has 0 N–H and O–H groups in total. The second kappa shape index (κ2) is 17.0. The standard InChI is InChI=1S/C18H30O4STe.Na/c19-23(20,21)22-16-12-7-5-3-1-2-4-6-8-13-17-24-18-14-10-9-11-15-18;/h9-11,14-15H,1-8,12-13,16-17H2,(H,19,20,21);/q;+1/p-1. The third-order valence-corrected chi connectivity index (χ3v) is 7.37. The van der Waals surface area contributed by atoms with Crippen molar-refractivity contribution in [2.45, 2.75) is 68.7 Å². The second-order valence-electron chi connectivity index (χ2n) is 5.93. The molecular weight excluding hydrogens is 463 g/mol. The van der Waals surface area contributed by atoms with Gasteiger partial charge in [0.25, 0.3) is 0 Å². The van der Waals surface area contributed by atoms with Gasteiger partial charge in [0.2, 0.25) is 10.4 Å². The van der Waals surface area contributed by atoms with Crippen LogP contribution in [0.4, 0.5) is 0 Å². The molecule has 0 saturated carbocycles. The summed E-state index contributed by atoms with van der Waals surface area (Å²) in [6.07, 6.45) is 11.8. The molecular formula is C18H29NaO4STe. The maximum Gasteiger partial charge on any atom is 1.00 e. The molecule has 0 bridgehead atoms. The minimum Gasteiger partial charge on any atom is 1.00 e. The average Bonchev–Trinajstić information content (AvgIpc) is 2.55. The predicted octanol–water partition coefficient (Wildman–Crippen LogP) is 0.816. The summed E-state index contributed by atoms with van der Waals surface area (Å²) in [5.41, 5.74) is 0. The van der Waals surface area contributed by atoms with Crippen LogP contribution in [-0.2, 0) is 14.6 Å². The van der Waals surface area contributed by atoms with Crippen LogP contribution in [0.25, 0.3) is 0 Å². The minimum atomic E-state index is -4.50. The van der Waals surface area contributed by atoms with Gasteiger partial charge in [-0.25, -0.2) is 8.42 Å². The van der Waals surface area contributed by atoms with Crippen molar-refractivity contribution >= 4 is 34.9 Å². The van der Waals surface area contributed by atoms with Gasteiger partial charge in [-0.3, -0.25) is 4.18 Å². The third-order valence-electron chi connectivity index (χ3n) is 3.78. The molecule has 4 nitrogen and oxygen atoms in total. The minimum absolute atomic E-state index is 0. The van der Waals surface area contributed by atoms with Gasteiger partial charge in [0.1, 0.15) is 0 Å². The maximum absolute atomic E-state index is 10.2. The topological polar surface area (TPSA) is 66.4 Å². The molecule has 7 heteroatoms. The van der Waals surface area contributed by atoms with E-state index in [0.29, 0.717) is 6.42 Å². The Morgan fingerprint density at radius 1 is 0.800 bits per heavy atom. The van der Waals surface area contributed by atoms with Crippen LogP contribution >= 0.6 is 0 Å². The zero-order valence-electron chi connectivity index (χ0n) is 15.3. The van der Waals surface area contributed by atoms with Gasteiger partial charge in [0.15, 0.2) is 0 Å².